The molecular weight excluding hydrogens is 234 g/mol. The van der Waals surface area contributed by atoms with Crippen LogP contribution >= 0.6 is 0 Å². The Morgan fingerprint density at radius 1 is 1.11 bits per heavy atom. The molecule has 2 heteroatoms. The Balaban J connectivity index is 2.16. The third kappa shape index (κ3) is 2.85. The zero-order valence-electron chi connectivity index (χ0n) is 13.2. The first kappa shape index (κ1) is 15.3. The lowest BCUT2D eigenvalue weighted by Crippen LogP contribution is -2.57. The van der Waals surface area contributed by atoms with Crippen LogP contribution in [0.3, 0.4) is 0 Å². The second-order valence-electron chi connectivity index (χ2n) is 8.06. The van der Waals surface area contributed by atoms with Crippen LogP contribution < -0.4 is 5.73 Å². The van der Waals surface area contributed by atoms with Crippen LogP contribution in [-0.4, -0.2) is 17.3 Å². The van der Waals surface area contributed by atoms with Crippen LogP contribution in [-0.2, 0) is 0 Å². The fourth-order valence-electron chi connectivity index (χ4n) is 4.78. The zero-order chi connectivity index (χ0) is 14.1. The fourth-order valence-corrected chi connectivity index (χ4v) is 4.78. The highest BCUT2D eigenvalue weighted by Gasteiger charge is 2.53. The molecule has 19 heavy (non-hydrogen) atoms. The van der Waals surface area contributed by atoms with Crippen molar-refractivity contribution in [3.05, 3.63) is 0 Å². The lowest BCUT2D eigenvalue weighted by atomic mass is 9.54. The lowest BCUT2D eigenvalue weighted by molar-refractivity contribution is -0.149. The maximum Gasteiger partial charge on any atom is 0.0720 e. The van der Waals surface area contributed by atoms with Gasteiger partial charge in [0.2, 0.25) is 0 Å². The topological polar surface area (TPSA) is 46.2 Å². The van der Waals surface area contributed by atoms with Crippen molar-refractivity contribution in [3.63, 3.8) is 0 Å². The van der Waals surface area contributed by atoms with Gasteiger partial charge in [-0.25, -0.2) is 0 Å². The van der Waals surface area contributed by atoms with Crippen molar-refractivity contribution >= 4 is 0 Å². The Labute approximate surface area is 119 Å². The molecule has 0 spiro atoms. The maximum absolute atomic E-state index is 11.4. The van der Waals surface area contributed by atoms with E-state index in [1.165, 1.54) is 25.7 Å². The second-order valence-corrected chi connectivity index (χ2v) is 8.06. The van der Waals surface area contributed by atoms with E-state index in [0.29, 0.717) is 6.54 Å². The Bertz CT molecular complexity index is 304. The van der Waals surface area contributed by atoms with Gasteiger partial charge in [0.15, 0.2) is 0 Å². The van der Waals surface area contributed by atoms with E-state index in [4.69, 9.17) is 5.73 Å². The van der Waals surface area contributed by atoms with Crippen molar-refractivity contribution in [1.82, 2.24) is 0 Å². The maximum atomic E-state index is 11.4. The summed E-state index contributed by atoms with van der Waals surface area (Å²) in [5.74, 6) is 0.861. The lowest BCUT2D eigenvalue weighted by Gasteiger charge is -2.55. The van der Waals surface area contributed by atoms with Crippen LogP contribution in [0.5, 0.6) is 0 Å². The number of aliphatic hydroxyl groups is 1. The molecule has 2 nitrogen and oxygen atoms in total. The largest absolute Gasteiger partial charge is 0.389 e. The monoisotopic (exact) mass is 267 g/mol. The molecule has 2 fully saturated rings. The summed E-state index contributed by atoms with van der Waals surface area (Å²) in [6, 6.07) is 0. The van der Waals surface area contributed by atoms with Crippen molar-refractivity contribution in [1.29, 1.82) is 0 Å². The highest BCUT2D eigenvalue weighted by atomic mass is 16.3. The van der Waals surface area contributed by atoms with Gasteiger partial charge in [0.1, 0.15) is 0 Å². The summed E-state index contributed by atoms with van der Waals surface area (Å²) < 4.78 is 0. The molecule has 0 saturated heterocycles. The molecule has 0 bridgehead atoms. The molecule has 2 rings (SSSR count). The molecule has 0 aromatic heterocycles. The Hall–Kier alpha value is -0.0800. The smallest absolute Gasteiger partial charge is 0.0720 e. The summed E-state index contributed by atoms with van der Waals surface area (Å²) in [5, 5.41) is 11.4. The Kier molecular flexibility index (Phi) is 4.32. The van der Waals surface area contributed by atoms with Crippen LogP contribution in [0.2, 0.25) is 0 Å². The average molecular weight is 267 g/mol. The van der Waals surface area contributed by atoms with Crippen LogP contribution in [0.25, 0.3) is 0 Å². The summed E-state index contributed by atoms with van der Waals surface area (Å²) in [6.07, 6.45) is 10.4. The molecule has 0 radical (unpaired) electrons. The number of hydrogen-bond acceptors (Lipinski definition) is 2. The summed E-state index contributed by atoms with van der Waals surface area (Å²) in [4.78, 5) is 0. The number of nitrogens with two attached hydrogens (primary N) is 1. The van der Waals surface area contributed by atoms with E-state index in [1.54, 1.807) is 0 Å². The minimum Gasteiger partial charge on any atom is -0.389 e. The van der Waals surface area contributed by atoms with Gasteiger partial charge in [-0.2, -0.15) is 0 Å². The molecule has 0 aromatic carbocycles. The molecule has 112 valence electrons. The van der Waals surface area contributed by atoms with Crippen LogP contribution in [0, 0.1) is 16.7 Å². The van der Waals surface area contributed by atoms with Gasteiger partial charge in [-0.05, 0) is 56.3 Å². The summed E-state index contributed by atoms with van der Waals surface area (Å²) in [7, 11) is 0. The Morgan fingerprint density at radius 2 is 1.74 bits per heavy atom. The first-order valence-corrected chi connectivity index (χ1v) is 8.29. The van der Waals surface area contributed by atoms with E-state index in [0.717, 1.165) is 38.0 Å². The van der Waals surface area contributed by atoms with E-state index in [9.17, 15) is 5.11 Å². The van der Waals surface area contributed by atoms with E-state index < -0.39 is 5.60 Å². The standard InChI is InChI=1S/C17H33NO/c1-4-14-6-10-16(13-18,11-7-14)17(19)9-5-8-15(2,3)12-17/h14,19H,4-13,18H2,1-3H3. The quantitative estimate of drug-likeness (QED) is 0.815. The first-order valence-electron chi connectivity index (χ1n) is 8.29. The van der Waals surface area contributed by atoms with E-state index >= 15 is 0 Å². The SMILES string of the molecule is CCC1CCC(CN)(C2(O)CCCC(C)(C)C2)CC1. The molecule has 0 heterocycles. The van der Waals surface area contributed by atoms with Crippen LogP contribution in [0.15, 0.2) is 0 Å². The van der Waals surface area contributed by atoms with Gasteiger partial charge in [-0.3, -0.25) is 0 Å². The third-order valence-corrected chi connectivity index (χ3v) is 6.23. The van der Waals surface area contributed by atoms with Gasteiger partial charge in [0.25, 0.3) is 0 Å². The van der Waals surface area contributed by atoms with Gasteiger partial charge < -0.3 is 10.8 Å². The fraction of sp³-hybridized carbons (Fsp3) is 1.00. The molecule has 0 aliphatic heterocycles. The molecule has 2 saturated carbocycles. The molecule has 1 atom stereocenters. The molecule has 2 aliphatic rings. The summed E-state index contributed by atoms with van der Waals surface area (Å²) >= 11 is 0. The first-order chi connectivity index (χ1) is 8.86. The van der Waals surface area contributed by atoms with Gasteiger partial charge in [0, 0.05) is 12.0 Å². The predicted octanol–water partition coefficient (Wildman–Crippen LogP) is 3.86. The highest BCUT2D eigenvalue weighted by Crippen LogP contribution is 2.55. The second kappa shape index (κ2) is 5.37. The molecule has 0 aromatic rings. The number of rotatable bonds is 3. The van der Waals surface area contributed by atoms with Gasteiger partial charge in [-0.1, -0.05) is 33.6 Å². The van der Waals surface area contributed by atoms with Crippen molar-refractivity contribution in [3.8, 4) is 0 Å². The molecule has 2 aliphatic carbocycles. The van der Waals surface area contributed by atoms with Crippen molar-refractivity contribution in [2.75, 3.05) is 6.54 Å². The van der Waals surface area contributed by atoms with Gasteiger partial charge >= 0.3 is 0 Å². The van der Waals surface area contributed by atoms with Crippen molar-refractivity contribution in [2.24, 2.45) is 22.5 Å². The van der Waals surface area contributed by atoms with Crippen LogP contribution in [0.4, 0.5) is 0 Å². The minimum absolute atomic E-state index is 0.00361. The summed E-state index contributed by atoms with van der Waals surface area (Å²) in [5.41, 5.74) is 5.93. The summed E-state index contributed by atoms with van der Waals surface area (Å²) in [6.45, 7) is 7.56. The van der Waals surface area contributed by atoms with Gasteiger partial charge in [0.05, 0.1) is 5.60 Å². The molecule has 0 amide bonds. The molecule has 1 unspecified atom stereocenters. The Morgan fingerprint density at radius 3 is 2.21 bits per heavy atom. The third-order valence-electron chi connectivity index (χ3n) is 6.23. The van der Waals surface area contributed by atoms with Crippen LogP contribution in [0.1, 0.15) is 78.6 Å². The minimum atomic E-state index is -0.512. The van der Waals surface area contributed by atoms with Gasteiger partial charge in [-0.15, -0.1) is 0 Å². The number of hydrogen-bond donors (Lipinski definition) is 2. The van der Waals surface area contributed by atoms with Crippen molar-refractivity contribution in [2.45, 2.75) is 84.2 Å². The van der Waals surface area contributed by atoms with E-state index in [1.807, 2.05) is 0 Å². The van der Waals surface area contributed by atoms with Crippen molar-refractivity contribution < 1.29 is 5.11 Å². The van der Waals surface area contributed by atoms with E-state index in [2.05, 4.69) is 20.8 Å². The molecule has 3 N–H and O–H groups in total. The highest BCUT2D eigenvalue weighted by molar-refractivity contribution is 5.05. The zero-order valence-corrected chi connectivity index (χ0v) is 13.2. The van der Waals surface area contributed by atoms with E-state index in [-0.39, 0.29) is 10.8 Å². The predicted molar refractivity (Wildman–Crippen MR) is 80.9 cm³/mol. The normalized spacial score (nSPS) is 43.1. The molecular formula is C17H33NO. The average Bonchev–Trinajstić information content (AvgIpc) is 2.37.